The van der Waals surface area contributed by atoms with E-state index in [1.807, 2.05) is 66.7 Å². The molecule has 3 heterocycles. The molecule has 7 aromatic carbocycles. The van der Waals surface area contributed by atoms with Crippen LogP contribution < -0.4 is 0 Å². The Morgan fingerprint density at radius 2 is 1.00 bits per heavy atom. The van der Waals surface area contributed by atoms with Crippen LogP contribution in [0.3, 0.4) is 0 Å². The third kappa shape index (κ3) is 5.60. The summed E-state index contributed by atoms with van der Waals surface area (Å²) in [5.74, 6) is 1.74. The van der Waals surface area contributed by atoms with E-state index in [0.29, 0.717) is 17.5 Å². The van der Waals surface area contributed by atoms with E-state index in [9.17, 15) is 0 Å². The van der Waals surface area contributed by atoms with E-state index in [2.05, 4.69) is 109 Å². The Labute approximate surface area is 322 Å². The topological polar surface area (TPSA) is 65.0 Å². The summed E-state index contributed by atoms with van der Waals surface area (Å²) >= 11 is 0. The molecule has 1 aliphatic carbocycles. The lowest BCUT2D eigenvalue weighted by Gasteiger charge is -2.11. The standard InChI is InChI=1S/C51H33N3O2/c1-3-10-32(11-4-1)33-18-20-34(21-19-33)35-22-24-36(25-23-35)38-27-29-45-43(30-38)48-42(15-9-17-46(48)55-45)51-53-49(37-12-5-2-6-13-37)52-50(54-51)39-26-28-41-40-14-7-8-16-44(40)56-47(41)31-39/h1-3,5-10,12-31H,4,11H2. The monoisotopic (exact) mass is 719 g/mol. The van der Waals surface area contributed by atoms with E-state index in [1.54, 1.807) is 0 Å². The third-order valence-electron chi connectivity index (χ3n) is 10.9. The van der Waals surface area contributed by atoms with Crippen molar-refractivity contribution in [1.82, 2.24) is 15.0 Å². The molecule has 11 rings (SSSR count). The first-order valence-corrected chi connectivity index (χ1v) is 19.0. The largest absolute Gasteiger partial charge is 0.456 e. The fourth-order valence-electron chi connectivity index (χ4n) is 7.97. The number of furan rings is 2. The van der Waals surface area contributed by atoms with E-state index >= 15 is 0 Å². The van der Waals surface area contributed by atoms with Crippen molar-refractivity contribution >= 4 is 49.5 Å². The molecule has 0 N–H and O–H groups in total. The molecule has 0 fully saturated rings. The predicted molar refractivity (Wildman–Crippen MR) is 228 cm³/mol. The summed E-state index contributed by atoms with van der Waals surface area (Å²) in [6, 6.07) is 54.5. The summed E-state index contributed by atoms with van der Waals surface area (Å²) in [4.78, 5) is 15.2. The smallest absolute Gasteiger partial charge is 0.164 e. The Hall–Kier alpha value is -7.37. The first-order valence-electron chi connectivity index (χ1n) is 19.0. The van der Waals surface area contributed by atoms with Gasteiger partial charge in [-0.05, 0) is 82.6 Å². The van der Waals surface area contributed by atoms with Gasteiger partial charge in [-0.1, -0.05) is 140 Å². The van der Waals surface area contributed by atoms with Gasteiger partial charge in [0, 0.05) is 38.2 Å². The van der Waals surface area contributed by atoms with Crippen LogP contribution in [-0.2, 0) is 0 Å². The molecule has 0 unspecified atom stereocenters. The molecule has 10 aromatic rings. The molecule has 0 bridgehead atoms. The first kappa shape index (κ1) is 32.1. The first-order chi connectivity index (χ1) is 27.7. The second-order valence-corrected chi connectivity index (χ2v) is 14.3. The normalized spacial score (nSPS) is 12.9. The Kier molecular flexibility index (Phi) is 7.56. The number of allylic oxidation sites excluding steroid dienone is 4. The minimum Gasteiger partial charge on any atom is -0.456 e. The maximum absolute atomic E-state index is 6.45. The van der Waals surface area contributed by atoms with Crippen molar-refractivity contribution in [2.45, 2.75) is 12.8 Å². The van der Waals surface area contributed by atoms with Gasteiger partial charge >= 0.3 is 0 Å². The average molecular weight is 720 g/mol. The molecular weight excluding hydrogens is 687 g/mol. The maximum Gasteiger partial charge on any atom is 0.164 e. The van der Waals surface area contributed by atoms with Gasteiger partial charge in [0.05, 0.1) is 0 Å². The summed E-state index contributed by atoms with van der Waals surface area (Å²) in [6.07, 6.45) is 8.81. The maximum atomic E-state index is 6.45. The molecule has 0 saturated carbocycles. The molecule has 0 aliphatic heterocycles. The highest BCUT2D eigenvalue weighted by molar-refractivity contribution is 6.13. The van der Waals surface area contributed by atoms with Crippen molar-refractivity contribution in [3.63, 3.8) is 0 Å². The highest BCUT2D eigenvalue weighted by atomic mass is 16.3. The molecule has 0 amide bonds. The van der Waals surface area contributed by atoms with Crippen LogP contribution in [0.5, 0.6) is 0 Å². The third-order valence-corrected chi connectivity index (χ3v) is 10.9. The van der Waals surface area contributed by atoms with Crippen molar-refractivity contribution in [3.05, 3.63) is 182 Å². The van der Waals surface area contributed by atoms with Crippen LogP contribution in [0.1, 0.15) is 18.4 Å². The zero-order valence-electron chi connectivity index (χ0n) is 30.3. The zero-order chi connectivity index (χ0) is 37.0. The molecule has 3 aromatic heterocycles. The summed E-state index contributed by atoms with van der Waals surface area (Å²) in [5.41, 5.74) is 13.2. The lowest BCUT2D eigenvalue weighted by molar-refractivity contribution is 0.668. The number of nitrogens with zero attached hydrogens (tertiary/aromatic N) is 3. The van der Waals surface area contributed by atoms with Gasteiger partial charge in [0.25, 0.3) is 0 Å². The van der Waals surface area contributed by atoms with Gasteiger partial charge in [-0.3, -0.25) is 0 Å². The van der Waals surface area contributed by atoms with Crippen molar-refractivity contribution in [3.8, 4) is 56.4 Å². The Morgan fingerprint density at radius 1 is 0.393 bits per heavy atom. The van der Waals surface area contributed by atoms with Crippen LogP contribution in [0, 0.1) is 0 Å². The highest BCUT2D eigenvalue weighted by Gasteiger charge is 2.19. The van der Waals surface area contributed by atoms with E-state index in [0.717, 1.165) is 84.5 Å². The number of rotatable bonds is 6. The minimum atomic E-state index is 0.569. The van der Waals surface area contributed by atoms with Crippen LogP contribution >= 0.6 is 0 Å². The quantitative estimate of drug-likeness (QED) is 0.171. The number of para-hydroxylation sites is 1. The molecular formula is C51H33N3O2. The van der Waals surface area contributed by atoms with E-state index in [-0.39, 0.29) is 0 Å². The van der Waals surface area contributed by atoms with Gasteiger partial charge in [-0.25, -0.2) is 15.0 Å². The van der Waals surface area contributed by atoms with Crippen LogP contribution in [0.4, 0.5) is 0 Å². The van der Waals surface area contributed by atoms with Gasteiger partial charge < -0.3 is 8.83 Å². The Bertz CT molecular complexity index is 3170. The second kappa shape index (κ2) is 13.2. The number of aromatic nitrogens is 3. The zero-order valence-corrected chi connectivity index (χ0v) is 30.3. The fraction of sp³-hybridized carbons (Fsp3) is 0.0392. The molecule has 56 heavy (non-hydrogen) atoms. The molecule has 264 valence electrons. The number of hydrogen-bond acceptors (Lipinski definition) is 5. The Balaban J connectivity index is 0.998. The summed E-state index contributed by atoms with van der Waals surface area (Å²) in [5, 5.41) is 4.11. The molecule has 0 radical (unpaired) electrons. The van der Waals surface area contributed by atoms with Crippen molar-refractivity contribution in [2.24, 2.45) is 0 Å². The molecule has 0 atom stereocenters. The average Bonchev–Trinajstić information content (AvgIpc) is 3.85. The highest BCUT2D eigenvalue weighted by Crippen LogP contribution is 2.39. The van der Waals surface area contributed by atoms with Gasteiger partial charge in [0.2, 0.25) is 0 Å². The van der Waals surface area contributed by atoms with E-state index < -0.39 is 0 Å². The molecule has 1 aliphatic rings. The van der Waals surface area contributed by atoms with Crippen molar-refractivity contribution in [2.75, 3.05) is 0 Å². The number of fused-ring (bicyclic) bond motifs is 6. The fourth-order valence-corrected chi connectivity index (χ4v) is 7.97. The van der Waals surface area contributed by atoms with Crippen LogP contribution in [0.15, 0.2) is 185 Å². The number of benzene rings is 7. The van der Waals surface area contributed by atoms with Crippen LogP contribution in [0.2, 0.25) is 0 Å². The van der Waals surface area contributed by atoms with Gasteiger partial charge in [-0.15, -0.1) is 0 Å². The van der Waals surface area contributed by atoms with Gasteiger partial charge in [-0.2, -0.15) is 0 Å². The minimum absolute atomic E-state index is 0.569. The summed E-state index contributed by atoms with van der Waals surface area (Å²) in [7, 11) is 0. The van der Waals surface area contributed by atoms with Crippen LogP contribution in [0.25, 0.3) is 106 Å². The van der Waals surface area contributed by atoms with Crippen LogP contribution in [-0.4, -0.2) is 15.0 Å². The Morgan fingerprint density at radius 3 is 1.79 bits per heavy atom. The lowest BCUT2D eigenvalue weighted by Crippen LogP contribution is -2.00. The van der Waals surface area contributed by atoms with Crippen molar-refractivity contribution in [1.29, 1.82) is 0 Å². The number of hydrogen-bond donors (Lipinski definition) is 0. The van der Waals surface area contributed by atoms with Gasteiger partial charge in [0.15, 0.2) is 17.5 Å². The van der Waals surface area contributed by atoms with E-state index in [1.165, 1.54) is 22.3 Å². The molecule has 5 nitrogen and oxygen atoms in total. The van der Waals surface area contributed by atoms with Gasteiger partial charge in [0.1, 0.15) is 22.3 Å². The van der Waals surface area contributed by atoms with Crippen molar-refractivity contribution < 1.29 is 8.83 Å². The molecule has 5 heteroatoms. The second-order valence-electron chi connectivity index (χ2n) is 14.3. The molecule has 0 saturated heterocycles. The summed E-state index contributed by atoms with van der Waals surface area (Å²) < 4.78 is 12.7. The predicted octanol–water partition coefficient (Wildman–Crippen LogP) is 13.7. The lowest BCUT2D eigenvalue weighted by atomic mass is 9.94. The van der Waals surface area contributed by atoms with E-state index in [4.69, 9.17) is 23.8 Å². The molecule has 0 spiro atoms. The summed E-state index contributed by atoms with van der Waals surface area (Å²) in [6.45, 7) is 0. The SMILES string of the molecule is C1=CCCC(c2ccc(-c3ccc(-c4ccc5oc6cccc(-c7nc(-c8ccccc8)nc(-c8ccc9c(c8)oc8ccccc89)n7)c6c5c4)cc3)cc2)=C1.